The zero-order chi connectivity index (χ0) is 18.6. The van der Waals surface area contributed by atoms with Crippen molar-refractivity contribution in [1.29, 1.82) is 0 Å². The van der Waals surface area contributed by atoms with Gasteiger partial charge in [-0.2, -0.15) is 4.31 Å². The van der Waals surface area contributed by atoms with Gasteiger partial charge in [0.15, 0.2) is 0 Å². The number of halogens is 2. The summed E-state index contributed by atoms with van der Waals surface area (Å²) in [6, 6.07) is 11.7. The number of benzene rings is 2. The van der Waals surface area contributed by atoms with E-state index in [0.717, 1.165) is 9.20 Å². The quantitative estimate of drug-likeness (QED) is 0.720. The Morgan fingerprint density at radius 3 is 2.32 bits per heavy atom. The molecule has 0 atom stereocenters. The van der Waals surface area contributed by atoms with Gasteiger partial charge in [0.25, 0.3) is 0 Å². The van der Waals surface area contributed by atoms with Crippen LogP contribution in [-0.4, -0.2) is 38.5 Å². The van der Waals surface area contributed by atoms with Gasteiger partial charge in [-0.05, 0) is 30.5 Å². The monoisotopic (exact) mass is 418 g/mol. The van der Waals surface area contributed by atoms with Crippen LogP contribution in [0.4, 0.5) is 5.69 Å². The van der Waals surface area contributed by atoms with E-state index in [4.69, 9.17) is 23.2 Å². The van der Waals surface area contributed by atoms with Crippen LogP contribution in [0, 0.1) is 0 Å². The van der Waals surface area contributed by atoms with Gasteiger partial charge in [-0.3, -0.25) is 4.79 Å². The maximum Gasteiger partial charge on any atom is 0.246 e. The van der Waals surface area contributed by atoms with Crippen molar-refractivity contribution in [1.82, 2.24) is 4.31 Å². The fourth-order valence-electron chi connectivity index (χ4n) is 2.11. The zero-order valence-electron chi connectivity index (χ0n) is 13.5. The molecule has 2 aromatic carbocycles. The molecule has 1 N–H and O–H groups in total. The normalized spacial score (nSPS) is 11.6. The Hall–Kier alpha value is -1.25. The lowest BCUT2D eigenvalue weighted by Gasteiger charge is -2.19. The van der Waals surface area contributed by atoms with Crippen LogP contribution >= 0.6 is 35.0 Å². The number of nitrogens with one attached hydrogen (secondary N) is 1. The minimum Gasteiger partial charge on any atom is -0.324 e. The van der Waals surface area contributed by atoms with Crippen LogP contribution in [0.5, 0.6) is 0 Å². The average molecular weight is 419 g/mol. The molecule has 0 radical (unpaired) electrons. The van der Waals surface area contributed by atoms with Gasteiger partial charge in [-0.15, -0.1) is 11.8 Å². The second kappa shape index (κ2) is 8.42. The van der Waals surface area contributed by atoms with Gasteiger partial charge in [-0.1, -0.05) is 41.4 Å². The summed E-state index contributed by atoms with van der Waals surface area (Å²) < 4.78 is 26.2. The summed E-state index contributed by atoms with van der Waals surface area (Å²) in [5, 5.41) is 2.73. The lowest BCUT2D eigenvalue weighted by atomic mass is 10.3. The third-order valence-corrected chi connectivity index (χ3v) is 6.89. The van der Waals surface area contributed by atoms with E-state index in [1.807, 2.05) is 18.4 Å². The predicted molar refractivity (Wildman–Crippen MR) is 103 cm³/mol. The summed E-state index contributed by atoms with van der Waals surface area (Å²) in [4.78, 5) is 12.9. The van der Waals surface area contributed by atoms with Crippen molar-refractivity contribution < 1.29 is 13.2 Å². The molecule has 5 nitrogen and oxygen atoms in total. The molecule has 0 saturated carbocycles. The van der Waals surface area contributed by atoms with Gasteiger partial charge in [0, 0.05) is 11.9 Å². The molecule has 0 aromatic heterocycles. The molecule has 0 saturated heterocycles. The number of para-hydroxylation sites is 1. The van der Waals surface area contributed by atoms with E-state index in [9.17, 15) is 13.2 Å². The number of anilines is 1. The summed E-state index contributed by atoms with van der Waals surface area (Å²) in [7, 11) is -2.70. The van der Waals surface area contributed by atoms with Crippen molar-refractivity contribution >= 4 is 56.6 Å². The number of carbonyl (C=O) groups excluding carboxylic acids is 1. The van der Waals surface area contributed by atoms with Gasteiger partial charge in [0.2, 0.25) is 15.9 Å². The van der Waals surface area contributed by atoms with Crippen LogP contribution in [0.1, 0.15) is 0 Å². The summed E-state index contributed by atoms with van der Waals surface area (Å²) in [5.74, 6) is -0.462. The van der Waals surface area contributed by atoms with Gasteiger partial charge >= 0.3 is 0 Å². The Bertz CT molecular complexity index is 868. The molecule has 2 aromatic rings. The van der Waals surface area contributed by atoms with E-state index in [0.29, 0.717) is 5.69 Å². The fraction of sp³-hybridized carbons (Fsp3) is 0.188. The van der Waals surface area contributed by atoms with Crippen LogP contribution in [0.15, 0.2) is 52.3 Å². The van der Waals surface area contributed by atoms with Crippen molar-refractivity contribution in [3.8, 4) is 0 Å². The van der Waals surface area contributed by atoms with Crippen LogP contribution in [0.3, 0.4) is 0 Å². The van der Waals surface area contributed by atoms with E-state index in [-0.39, 0.29) is 21.5 Å². The lowest BCUT2D eigenvalue weighted by molar-refractivity contribution is -0.116. The van der Waals surface area contributed by atoms with E-state index < -0.39 is 15.9 Å². The highest BCUT2D eigenvalue weighted by atomic mass is 35.5. The van der Waals surface area contributed by atoms with Gasteiger partial charge < -0.3 is 5.32 Å². The molecular formula is C16H16Cl2N2O3S2. The first-order chi connectivity index (χ1) is 11.8. The fourth-order valence-corrected chi connectivity index (χ4v) is 4.87. The molecule has 25 heavy (non-hydrogen) atoms. The molecule has 1 amide bonds. The third-order valence-electron chi connectivity index (χ3n) is 3.33. The molecule has 0 fully saturated rings. The summed E-state index contributed by atoms with van der Waals surface area (Å²) in [6.45, 7) is -0.368. The van der Waals surface area contributed by atoms with Crippen molar-refractivity contribution in [3.05, 3.63) is 52.5 Å². The lowest BCUT2D eigenvalue weighted by Crippen LogP contribution is -2.35. The van der Waals surface area contributed by atoms with Gasteiger partial charge in [-0.25, -0.2) is 8.42 Å². The highest BCUT2D eigenvalue weighted by molar-refractivity contribution is 7.98. The van der Waals surface area contributed by atoms with Crippen molar-refractivity contribution in [2.75, 3.05) is 25.2 Å². The van der Waals surface area contributed by atoms with E-state index >= 15 is 0 Å². The van der Waals surface area contributed by atoms with Crippen molar-refractivity contribution in [2.45, 2.75) is 9.79 Å². The molecule has 0 aliphatic rings. The maximum absolute atomic E-state index is 12.7. The first-order valence-corrected chi connectivity index (χ1v) is 10.5. The second-order valence-electron chi connectivity index (χ2n) is 5.06. The molecular weight excluding hydrogens is 403 g/mol. The average Bonchev–Trinajstić information content (AvgIpc) is 2.54. The summed E-state index contributed by atoms with van der Waals surface area (Å²) in [5.41, 5.74) is 0.626. The number of rotatable bonds is 6. The van der Waals surface area contributed by atoms with E-state index in [2.05, 4.69) is 5.32 Å². The summed E-state index contributed by atoms with van der Waals surface area (Å²) >= 11 is 13.4. The molecule has 0 aliphatic carbocycles. The van der Waals surface area contributed by atoms with E-state index in [1.54, 1.807) is 18.2 Å². The Morgan fingerprint density at radius 2 is 1.72 bits per heavy atom. The molecule has 9 heteroatoms. The number of sulfonamides is 1. The second-order valence-corrected chi connectivity index (χ2v) is 8.70. The molecule has 0 bridgehead atoms. The number of likely N-dealkylation sites (N-methyl/N-ethyl adjacent to an activating group) is 1. The highest BCUT2D eigenvalue weighted by Gasteiger charge is 2.28. The van der Waals surface area contributed by atoms with Crippen LogP contribution in [-0.2, 0) is 14.8 Å². The van der Waals surface area contributed by atoms with Gasteiger partial charge in [0.05, 0.1) is 22.3 Å². The number of thioether (sulfide) groups is 1. The third kappa shape index (κ3) is 4.68. The highest BCUT2D eigenvalue weighted by Crippen LogP contribution is 2.31. The van der Waals surface area contributed by atoms with E-state index in [1.165, 1.54) is 30.9 Å². The molecule has 0 aliphatic heterocycles. The summed E-state index contributed by atoms with van der Waals surface area (Å²) in [6.07, 6.45) is 1.89. The number of hydrogen-bond donors (Lipinski definition) is 1. The number of amides is 1. The standard InChI is InChI=1S/C16H16Cl2N2O3S2/c1-20(25(22,23)16-11(17)6-5-7-12(16)18)10-15(21)19-13-8-3-4-9-14(13)24-2/h3-9H,10H2,1-2H3,(H,19,21). The molecule has 134 valence electrons. The van der Waals surface area contributed by atoms with Crippen LogP contribution in [0.25, 0.3) is 0 Å². The van der Waals surface area contributed by atoms with Gasteiger partial charge in [0.1, 0.15) is 4.90 Å². The molecule has 0 spiro atoms. The Balaban J connectivity index is 2.18. The SMILES string of the molecule is CSc1ccccc1NC(=O)CN(C)S(=O)(=O)c1c(Cl)cccc1Cl. The molecule has 2 rings (SSSR count). The maximum atomic E-state index is 12.7. The largest absolute Gasteiger partial charge is 0.324 e. The van der Waals surface area contributed by atoms with Crippen molar-refractivity contribution in [2.24, 2.45) is 0 Å². The zero-order valence-corrected chi connectivity index (χ0v) is 16.6. The smallest absolute Gasteiger partial charge is 0.246 e. The Morgan fingerprint density at radius 1 is 1.12 bits per heavy atom. The van der Waals surface area contributed by atoms with Crippen LogP contribution < -0.4 is 5.32 Å². The van der Waals surface area contributed by atoms with Crippen LogP contribution in [0.2, 0.25) is 10.0 Å². The molecule has 0 unspecified atom stereocenters. The first kappa shape index (κ1) is 20.1. The molecule has 0 heterocycles. The predicted octanol–water partition coefficient (Wildman–Crippen LogP) is 3.97. The minimum absolute atomic E-state index is 0.00693. The number of carbonyl (C=O) groups is 1. The Kier molecular flexibility index (Phi) is 6.76. The first-order valence-electron chi connectivity index (χ1n) is 7.10. The number of hydrogen-bond acceptors (Lipinski definition) is 4. The minimum atomic E-state index is -4.00. The number of nitrogens with zero attached hydrogens (tertiary/aromatic N) is 1. The Labute approximate surface area is 161 Å². The van der Waals surface area contributed by atoms with Crippen molar-refractivity contribution in [3.63, 3.8) is 0 Å². The topological polar surface area (TPSA) is 66.5 Å².